The summed E-state index contributed by atoms with van der Waals surface area (Å²) in [7, 11) is 0. The molecule has 4 rings (SSSR count). The number of H-pyrrole nitrogens is 1. The highest BCUT2D eigenvalue weighted by molar-refractivity contribution is 9.10. The Hall–Kier alpha value is -3.26. The molecule has 8 heteroatoms. The number of fused-ring (bicyclic) bond motifs is 1. The lowest BCUT2D eigenvalue weighted by atomic mass is 10.2. The Morgan fingerprint density at radius 1 is 1.07 bits per heavy atom. The zero-order chi connectivity index (χ0) is 18.8. The maximum Gasteiger partial charge on any atom is 0.261 e. The molecule has 4 aromatic rings. The number of ether oxygens (including phenoxy) is 1. The highest BCUT2D eigenvalue weighted by Gasteiger charge is 2.11. The van der Waals surface area contributed by atoms with Crippen LogP contribution in [0.5, 0.6) is 11.5 Å². The monoisotopic (exact) mass is 426 g/mol. The van der Waals surface area contributed by atoms with Crippen LogP contribution in [0.15, 0.2) is 70.3 Å². The fourth-order valence-electron chi connectivity index (χ4n) is 2.56. The van der Waals surface area contributed by atoms with Crippen molar-refractivity contribution in [2.45, 2.75) is 0 Å². The minimum atomic E-state index is -0.363. The number of aromatic nitrogens is 3. The van der Waals surface area contributed by atoms with Gasteiger partial charge in [-0.3, -0.25) is 4.79 Å². The molecule has 0 saturated carbocycles. The predicted molar refractivity (Wildman–Crippen MR) is 104 cm³/mol. The van der Waals surface area contributed by atoms with Gasteiger partial charge < -0.3 is 15.0 Å². The first kappa shape index (κ1) is 17.2. The first-order valence-electron chi connectivity index (χ1n) is 7.92. The van der Waals surface area contributed by atoms with Crippen LogP contribution in [-0.4, -0.2) is 15.0 Å². The molecule has 0 aliphatic carbocycles. The zero-order valence-corrected chi connectivity index (χ0v) is 15.3. The second-order valence-corrected chi connectivity index (χ2v) is 6.47. The van der Waals surface area contributed by atoms with Gasteiger partial charge in [-0.25, -0.2) is 14.4 Å². The van der Waals surface area contributed by atoms with Crippen LogP contribution in [0.3, 0.4) is 0 Å². The van der Waals surface area contributed by atoms with Crippen molar-refractivity contribution in [3.05, 3.63) is 81.7 Å². The molecule has 0 fully saturated rings. The van der Waals surface area contributed by atoms with Crippen LogP contribution < -0.4 is 15.6 Å². The van der Waals surface area contributed by atoms with Crippen molar-refractivity contribution in [3.8, 4) is 11.5 Å². The number of pyridine rings is 1. The number of hydrogen-bond donors (Lipinski definition) is 2. The van der Waals surface area contributed by atoms with E-state index >= 15 is 0 Å². The van der Waals surface area contributed by atoms with E-state index in [0.29, 0.717) is 38.4 Å². The lowest BCUT2D eigenvalue weighted by Crippen LogP contribution is -2.10. The van der Waals surface area contributed by atoms with Gasteiger partial charge >= 0.3 is 0 Å². The van der Waals surface area contributed by atoms with Gasteiger partial charge in [-0.1, -0.05) is 6.07 Å². The predicted octanol–water partition coefficient (Wildman–Crippen LogP) is 4.76. The van der Waals surface area contributed by atoms with Crippen molar-refractivity contribution in [1.82, 2.24) is 15.0 Å². The van der Waals surface area contributed by atoms with Gasteiger partial charge in [0.2, 0.25) is 0 Å². The van der Waals surface area contributed by atoms with E-state index in [9.17, 15) is 9.18 Å². The molecule has 134 valence electrons. The van der Waals surface area contributed by atoms with Gasteiger partial charge in [0.25, 0.3) is 5.56 Å². The molecule has 0 aliphatic heterocycles. The fraction of sp³-hybridized carbons (Fsp3) is 0. The van der Waals surface area contributed by atoms with Crippen molar-refractivity contribution < 1.29 is 9.13 Å². The number of hydrogen-bond acceptors (Lipinski definition) is 5. The molecule has 0 aliphatic rings. The highest BCUT2D eigenvalue weighted by atomic mass is 79.9. The molecule has 2 heterocycles. The summed E-state index contributed by atoms with van der Waals surface area (Å²) in [6, 6.07) is 12.9. The standard InChI is InChI=1S/C19H12BrFN4O2/c20-15-9-22-19(26)16-17(15)23-10-24-18(16)25-12-4-6-13(7-5-12)27-14-3-1-2-11(21)8-14/h1-10H,(H,22,26)(H,23,24,25). The van der Waals surface area contributed by atoms with Gasteiger partial charge in [-0.15, -0.1) is 0 Å². The molecule has 2 N–H and O–H groups in total. The second-order valence-electron chi connectivity index (χ2n) is 5.62. The maximum atomic E-state index is 13.2. The number of nitrogens with one attached hydrogen (secondary N) is 2. The average Bonchev–Trinajstić information content (AvgIpc) is 2.66. The summed E-state index contributed by atoms with van der Waals surface area (Å²) in [6.07, 6.45) is 2.93. The molecule has 0 spiro atoms. The number of rotatable bonds is 4. The quantitative estimate of drug-likeness (QED) is 0.491. The first-order valence-corrected chi connectivity index (χ1v) is 8.72. The van der Waals surface area contributed by atoms with Crippen LogP contribution in [0.25, 0.3) is 10.9 Å². The normalized spacial score (nSPS) is 10.7. The van der Waals surface area contributed by atoms with Gasteiger partial charge in [-0.05, 0) is 52.3 Å². The van der Waals surface area contributed by atoms with E-state index in [0.717, 1.165) is 0 Å². The van der Waals surface area contributed by atoms with Crippen molar-refractivity contribution in [2.75, 3.05) is 5.32 Å². The van der Waals surface area contributed by atoms with Crippen molar-refractivity contribution in [2.24, 2.45) is 0 Å². The van der Waals surface area contributed by atoms with Gasteiger partial charge in [0.05, 0.1) is 9.99 Å². The summed E-state index contributed by atoms with van der Waals surface area (Å²) in [5.41, 5.74) is 0.936. The van der Waals surface area contributed by atoms with Crippen LogP contribution in [0.2, 0.25) is 0 Å². The van der Waals surface area contributed by atoms with Crippen LogP contribution >= 0.6 is 15.9 Å². The molecule has 0 atom stereocenters. The minimum absolute atomic E-state index is 0.289. The van der Waals surface area contributed by atoms with E-state index < -0.39 is 0 Å². The van der Waals surface area contributed by atoms with Gasteiger partial charge in [-0.2, -0.15) is 0 Å². The molecule has 2 aromatic heterocycles. The lowest BCUT2D eigenvalue weighted by Gasteiger charge is -2.10. The first-order chi connectivity index (χ1) is 13.1. The average molecular weight is 427 g/mol. The van der Waals surface area contributed by atoms with E-state index in [1.165, 1.54) is 18.5 Å². The largest absolute Gasteiger partial charge is 0.457 e. The maximum absolute atomic E-state index is 13.2. The molecule has 0 radical (unpaired) electrons. The highest BCUT2D eigenvalue weighted by Crippen LogP contribution is 2.27. The number of nitrogens with zero attached hydrogens (tertiary/aromatic N) is 2. The molecule has 0 saturated heterocycles. The number of benzene rings is 2. The SMILES string of the molecule is O=c1[nH]cc(Br)c2ncnc(Nc3ccc(Oc4cccc(F)c4)cc3)c12. The molecule has 0 amide bonds. The minimum Gasteiger partial charge on any atom is -0.457 e. The third kappa shape index (κ3) is 3.65. The number of anilines is 2. The van der Waals surface area contributed by atoms with Gasteiger partial charge in [0.1, 0.15) is 34.8 Å². The summed E-state index contributed by atoms with van der Waals surface area (Å²) >= 11 is 3.37. The Bertz CT molecular complexity index is 1180. The molecule has 0 bridgehead atoms. The topological polar surface area (TPSA) is 79.9 Å². The second kappa shape index (κ2) is 7.16. The van der Waals surface area contributed by atoms with Crippen molar-refractivity contribution in [1.29, 1.82) is 0 Å². The number of halogens is 2. The Kier molecular flexibility index (Phi) is 4.55. The smallest absolute Gasteiger partial charge is 0.261 e. The van der Waals surface area contributed by atoms with Gasteiger partial charge in [0, 0.05) is 18.0 Å². The van der Waals surface area contributed by atoms with E-state index in [4.69, 9.17) is 4.74 Å². The molecule has 0 unspecified atom stereocenters. The summed E-state index contributed by atoms with van der Waals surface area (Å²) in [5, 5.41) is 3.46. The molecule has 6 nitrogen and oxygen atoms in total. The Morgan fingerprint density at radius 2 is 1.89 bits per heavy atom. The third-order valence-electron chi connectivity index (χ3n) is 3.78. The number of aromatic amines is 1. The van der Waals surface area contributed by atoms with Crippen molar-refractivity contribution >= 4 is 38.3 Å². The Balaban J connectivity index is 1.60. The van der Waals surface area contributed by atoms with E-state index in [2.05, 4.69) is 36.2 Å². The van der Waals surface area contributed by atoms with Crippen LogP contribution in [0.4, 0.5) is 15.9 Å². The molecular formula is C19H12BrFN4O2. The van der Waals surface area contributed by atoms with Crippen LogP contribution in [0, 0.1) is 5.82 Å². The van der Waals surface area contributed by atoms with Crippen LogP contribution in [0.1, 0.15) is 0 Å². The van der Waals surface area contributed by atoms with E-state index in [1.54, 1.807) is 42.6 Å². The summed E-state index contributed by atoms with van der Waals surface area (Å²) in [5.74, 6) is 0.993. The zero-order valence-electron chi connectivity index (χ0n) is 13.7. The van der Waals surface area contributed by atoms with E-state index in [-0.39, 0.29) is 11.4 Å². The Morgan fingerprint density at radius 3 is 2.67 bits per heavy atom. The lowest BCUT2D eigenvalue weighted by molar-refractivity contribution is 0.477. The third-order valence-corrected chi connectivity index (χ3v) is 4.38. The summed E-state index contributed by atoms with van der Waals surface area (Å²) in [4.78, 5) is 23.1. The van der Waals surface area contributed by atoms with Gasteiger partial charge in [0.15, 0.2) is 0 Å². The summed E-state index contributed by atoms with van der Waals surface area (Å²) < 4.78 is 19.5. The molecular weight excluding hydrogens is 415 g/mol. The van der Waals surface area contributed by atoms with Crippen molar-refractivity contribution in [3.63, 3.8) is 0 Å². The fourth-order valence-corrected chi connectivity index (χ4v) is 2.97. The Labute approximate surface area is 161 Å². The van der Waals surface area contributed by atoms with E-state index in [1.807, 2.05) is 0 Å². The molecule has 2 aromatic carbocycles. The summed E-state index contributed by atoms with van der Waals surface area (Å²) in [6.45, 7) is 0. The van der Waals surface area contributed by atoms with Crippen LogP contribution in [-0.2, 0) is 0 Å². The molecule has 27 heavy (non-hydrogen) atoms.